The number of rotatable bonds is 7. The topological polar surface area (TPSA) is 74.1 Å². The Kier molecular flexibility index (Phi) is 5.11. The number of hydrogen-bond donors (Lipinski definition) is 4. The first kappa shape index (κ1) is 15.0. The van der Waals surface area contributed by atoms with Gasteiger partial charge >= 0.3 is 0 Å². The van der Waals surface area contributed by atoms with Crippen LogP contribution in [0.4, 0.5) is 4.39 Å². The molecule has 0 fully saturated rings. The van der Waals surface area contributed by atoms with Crippen LogP contribution in [0, 0.1) is 5.82 Å². The van der Waals surface area contributed by atoms with Crippen LogP contribution in [0.25, 0.3) is 10.9 Å². The molecule has 0 saturated carbocycles. The first-order valence-electron chi connectivity index (χ1n) is 7.04. The summed E-state index contributed by atoms with van der Waals surface area (Å²) in [6.07, 6.45) is 4.47. The highest BCUT2D eigenvalue weighted by atomic mass is 19.1. The van der Waals surface area contributed by atoms with Gasteiger partial charge < -0.3 is 21.1 Å². The molecule has 1 heterocycles. The van der Waals surface area contributed by atoms with Gasteiger partial charge in [0.2, 0.25) is 0 Å². The molecule has 20 heavy (non-hydrogen) atoms. The van der Waals surface area contributed by atoms with Crippen LogP contribution in [0.3, 0.4) is 0 Å². The minimum absolute atomic E-state index is 0.151. The van der Waals surface area contributed by atoms with Crippen LogP contribution in [-0.4, -0.2) is 22.8 Å². The van der Waals surface area contributed by atoms with Crippen molar-refractivity contribution in [2.75, 3.05) is 6.54 Å². The summed E-state index contributed by atoms with van der Waals surface area (Å²) >= 11 is 0. The summed E-state index contributed by atoms with van der Waals surface area (Å²) < 4.78 is 13.8. The van der Waals surface area contributed by atoms with Gasteiger partial charge in [0.15, 0.2) is 0 Å². The predicted molar refractivity (Wildman–Crippen MR) is 78.8 cm³/mol. The fourth-order valence-corrected chi connectivity index (χ4v) is 2.33. The van der Waals surface area contributed by atoms with E-state index < -0.39 is 0 Å². The van der Waals surface area contributed by atoms with Crippen molar-refractivity contribution >= 4 is 10.9 Å². The number of fused-ring (bicyclic) bond motifs is 1. The van der Waals surface area contributed by atoms with Gasteiger partial charge in [0.05, 0.1) is 18.3 Å². The fourth-order valence-electron chi connectivity index (χ4n) is 2.33. The normalized spacial score (nSPS) is 13.0. The number of benzene rings is 1. The zero-order valence-electron chi connectivity index (χ0n) is 11.7. The number of aliphatic hydroxyl groups excluding tert-OH is 1. The Bertz CT molecular complexity index is 567. The molecule has 5 heteroatoms. The maximum Gasteiger partial charge on any atom is 0.147 e. The molecule has 4 nitrogen and oxygen atoms in total. The summed E-state index contributed by atoms with van der Waals surface area (Å²) in [5.41, 5.74) is 8.04. The maximum absolute atomic E-state index is 13.8. The molecule has 1 aromatic heterocycles. The van der Waals surface area contributed by atoms with Crippen LogP contribution in [0.2, 0.25) is 0 Å². The van der Waals surface area contributed by atoms with E-state index in [1.807, 2.05) is 6.07 Å². The highest BCUT2D eigenvalue weighted by Gasteiger charge is 2.12. The number of nitrogens with one attached hydrogen (secondary N) is 2. The second-order valence-electron chi connectivity index (χ2n) is 5.09. The molecule has 0 aliphatic carbocycles. The van der Waals surface area contributed by atoms with Gasteiger partial charge in [-0.2, -0.15) is 0 Å². The lowest BCUT2D eigenvalue weighted by atomic mass is 10.1. The van der Waals surface area contributed by atoms with Gasteiger partial charge in [-0.25, -0.2) is 4.39 Å². The maximum atomic E-state index is 13.8. The summed E-state index contributed by atoms with van der Waals surface area (Å²) in [5.74, 6) is -0.342. The standard InChI is InChI=1S/C15H22FN3O/c1-2-3-4-18-14(17)7-11-8-19-15-12(11)5-10(9-20)6-13(15)16/h5-6,8,14,18-20H,2-4,7,9,17H2,1H3/t14-/m0/s1. The van der Waals surface area contributed by atoms with E-state index in [1.54, 1.807) is 6.20 Å². The number of nitrogens with two attached hydrogens (primary N) is 1. The van der Waals surface area contributed by atoms with Gasteiger partial charge in [-0.05, 0) is 36.2 Å². The number of aromatic nitrogens is 1. The summed E-state index contributed by atoms with van der Waals surface area (Å²) in [5, 5.41) is 13.2. The minimum atomic E-state index is -0.342. The van der Waals surface area contributed by atoms with E-state index in [9.17, 15) is 4.39 Å². The van der Waals surface area contributed by atoms with Gasteiger partial charge in [-0.3, -0.25) is 0 Å². The Hall–Kier alpha value is -1.43. The SMILES string of the molecule is CCCCN[C@H](N)Cc1c[nH]c2c(F)cc(CO)cc12. The first-order valence-corrected chi connectivity index (χ1v) is 7.04. The smallest absolute Gasteiger partial charge is 0.147 e. The molecule has 0 amide bonds. The molecule has 0 unspecified atom stereocenters. The van der Waals surface area contributed by atoms with Crippen molar-refractivity contribution < 1.29 is 9.50 Å². The van der Waals surface area contributed by atoms with Crippen molar-refractivity contribution in [1.29, 1.82) is 0 Å². The lowest BCUT2D eigenvalue weighted by Gasteiger charge is -2.13. The second kappa shape index (κ2) is 6.83. The zero-order valence-corrected chi connectivity index (χ0v) is 11.7. The van der Waals surface area contributed by atoms with Gasteiger partial charge in [-0.15, -0.1) is 0 Å². The highest BCUT2D eigenvalue weighted by molar-refractivity contribution is 5.84. The van der Waals surface area contributed by atoms with Crippen molar-refractivity contribution in [2.45, 2.75) is 39.0 Å². The van der Waals surface area contributed by atoms with Crippen molar-refractivity contribution in [3.8, 4) is 0 Å². The monoisotopic (exact) mass is 279 g/mol. The summed E-state index contributed by atoms with van der Waals surface area (Å²) in [6.45, 7) is 2.85. The van der Waals surface area contributed by atoms with Crippen molar-refractivity contribution in [1.82, 2.24) is 10.3 Å². The number of aliphatic hydroxyl groups is 1. The van der Waals surface area contributed by atoms with E-state index in [-0.39, 0.29) is 18.6 Å². The van der Waals surface area contributed by atoms with Crippen molar-refractivity contribution in [3.63, 3.8) is 0 Å². The zero-order chi connectivity index (χ0) is 14.5. The third-order valence-corrected chi connectivity index (χ3v) is 3.45. The number of hydrogen-bond acceptors (Lipinski definition) is 3. The van der Waals surface area contributed by atoms with Gasteiger partial charge in [-0.1, -0.05) is 13.3 Å². The van der Waals surface area contributed by atoms with E-state index in [1.165, 1.54) is 6.07 Å². The number of H-pyrrole nitrogens is 1. The Morgan fingerprint density at radius 3 is 2.95 bits per heavy atom. The van der Waals surface area contributed by atoms with Gasteiger partial charge in [0, 0.05) is 18.0 Å². The largest absolute Gasteiger partial charge is 0.392 e. The Morgan fingerprint density at radius 2 is 2.25 bits per heavy atom. The lowest BCUT2D eigenvalue weighted by molar-refractivity contribution is 0.281. The first-order chi connectivity index (χ1) is 9.65. The Balaban J connectivity index is 2.16. The predicted octanol–water partition coefficient (Wildman–Crippen LogP) is 2.02. The lowest BCUT2D eigenvalue weighted by Crippen LogP contribution is -2.39. The Morgan fingerprint density at radius 1 is 1.45 bits per heavy atom. The van der Waals surface area contributed by atoms with Gasteiger partial charge in [0.1, 0.15) is 5.82 Å². The molecule has 0 aliphatic heterocycles. The molecule has 1 atom stereocenters. The van der Waals surface area contributed by atoms with Crippen LogP contribution in [0.5, 0.6) is 0 Å². The minimum Gasteiger partial charge on any atom is -0.392 e. The number of unbranched alkanes of at least 4 members (excludes halogenated alkanes) is 1. The van der Waals surface area contributed by atoms with Crippen molar-refractivity contribution in [2.24, 2.45) is 5.73 Å². The second-order valence-corrected chi connectivity index (χ2v) is 5.09. The molecule has 2 aromatic rings. The van der Waals surface area contributed by atoms with Crippen LogP contribution in [0.15, 0.2) is 18.3 Å². The Labute approximate surface area is 118 Å². The number of aromatic amines is 1. The third-order valence-electron chi connectivity index (χ3n) is 3.45. The van der Waals surface area contributed by atoms with Crippen molar-refractivity contribution in [3.05, 3.63) is 35.3 Å². The average Bonchev–Trinajstić information content (AvgIpc) is 2.82. The average molecular weight is 279 g/mol. The molecule has 110 valence electrons. The highest BCUT2D eigenvalue weighted by Crippen LogP contribution is 2.23. The molecule has 0 radical (unpaired) electrons. The van der Waals surface area contributed by atoms with E-state index in [4.69, 9.17) is 10.8 Å². The van der Waals surface area contributed by atoms with E-state index in [2.05, 4.69) is 17.2 Å². The molecule has 0 aliphatic rings. The van der Waals surface area contributed by atoms with Crippen LogP contribution >= 0.6 is 0 Å². The van der Waals surface area contributed by atoms with E-state index >= 15 is 0 Å². The quantitative estimate of drug-likeness (QED) is 0.463. The van der Waals surface area contributed by atoms with Gasteiger partial charge in [0.25, 0.3) is 0 Å². The molecular formula is C15H22FN3O. The molecule has 0 saturated heterocycles. The number of halogens is 1. The molecule has 1 aromatic carbocycles. The summed E-state index contributed by atoms with van der Waals surface area (Å²) in [7, 11) is 0. The third kappa shape index (κ3) is 3.36. The van der Waals surface area contributed by atoms with E-state index in [0.717, 1.165) is 30.3 Å². The van der Waals surface area contributed by atoms with Crippen LogP contribution in [-0.2, 0) is 13.0 Å². The van der Waals surface area contributed by atoms with Crippen LogP contribution < -0.4 is 11.1 Å². The molecular weight excluding hydrogens is 257 g/mol. The molecule has 2 rings (SSSR count). The van der Waals surface area contributed by atoms with Crippen LogP contribution in [0.1, 0.15) is 30.9 Å². The fraction of sp³-hybridized carbons (Fsp3) is 0.467. The molecule has 0 spiro atoms. The molecule has 0 bridgehead atoms. The summed E-state index contributed by atoms with van der Waals surface area (Å²) in [4.78, 5) is 2.94. The molecule has 5 N–H and O–H groups in total. The van der Waals surface area contributed by atoms with E-state index in [0.29, 0.717) is 17.5 Å². The summed E-state index contributed by atoms with van der Waals surface area (Å²) in [6, 6.07) is 3.16.